The molecular weight excluding hydrogens is 322 g/mol. The van der Waals surface area contributed by atoms with E-state index in [-0.39, 0.29) is 10.6 Å². The SMILES string of the molecule is CC1CC(NCc2ccc(Br)cc2[N+](=O)[O-])CCN1C. The average molecular weight is 342 g/mol. The van der Waals surface area contributed by atoms with Gasteiger partial charge in [-0.15, -0.1) is 0 Å². The van der Waals surface area contributed by atoms with E-state index in [1.807, 2.05) is 12.1 Å². The van der Waals surface area contributed by atoms with Crippen LogP contribution in [0, 0.1) is 10.1 Å². The zero-order chi connectivity index (χ0) is 14.7. The first kappa shape index (κ1) is 15.4. The van der Waals surface area contributed by atoms with Gasteiger partial charge in [0.2, 0.25) is 0 Å². The maximum atomic E-state index is 11.1. The van der Waals surface area contributed by atoms with Crippen LogP contribution >= 0.6 is 15.9 Å². The summed E-state index contributed by atoms with van der Waals surface area (Å²) in [5, 5.41) is 14.5. The van der Waals surface area contributed by atoms with Gasteiger partial charge < -0.3 is 10.2 Å². The van der Waals surface area contributed by atoms with E-state index in [4.69, 9.17) is 0 Å². The standard InChI is InChI=1S/C14H20BrN3O2/c1-10-7-13(5-6-17(10)2)16-9-11-3-4-12(15)8-14(11)18(19)20/h3-4,8,10,13,16H,5-7,9H2,1-2H3. The van der Waals surface area contributed by atoms with Gasteiger partial charge in [-0.3, -0.25) is 10.1 Å². The molecule has 0 bridgehead atoms. The van der Waals surface area contributed by atoms with Gasteiger partial charge >= 0.3 is 0 Å². The van der Waals surface area contributed by atoms with Gasteiger partial charge in [-0.05, 0) is 45.5 Å². The molecule has 1 aromatic rings. The highest BCUT2D eigenvalue weighted by atomic mass is 79.9. The molecule has 2 rings (SSSR count). The number of benzene rings is 1. The third-order valence-electron chi connectivity index (χ3n) is 4.03. The fourth-order valence-corrected chi connectivity index (χ4v) is 2.93. The van der Waals surface area contributed by atoms with Crippen LogP contribution < -0.4 is 5.32 Å². The summed E-state index contributed by atoms with van der Waals surface area (Å²) in [6, 6.07) is 6.22. The van der Waals surface area contributed by atoms with Crippen molar-refractivity contribution in [1.82, 2.24) is 10.2 Å². The summed E-state index contributed by atoms with van der Waals surface area (Å²) in [4.78, 5) is 13.1. The van der Waals surface area contributed by atoms with Crippen molar-refractivity contribution in [3.63, 3.8) is 0 Å². The maximum absolute atomic E-state index is 11.1. The smallest absolute Gasteiger partial charge is 0.275 e. The van der Waals surface area contributed by atoms with Crippen molar-refractivity contribution in [3.8, 4) is 0 Å². The zero-order valence-corrected chi connectivity index (χ0v) is 13.4. The molecule has 2 atom stereocenters. The lowest BCUT2D eigenvalue weighted by Crippen LogP contribution is -2.45. The van der Waals surface area contributed by atoms with E-state index in [0.29, 0.717) is 18.6 Å². The average Bonchev–Trinajstić information content (AvgIpc) is 2.41. The molecule has 1 aliphatic rings. The maximum Gasteiger partial charge on any atom is 0.275 e. The molecule has 20 heavy (non-hydrogen) atoms. The topological polar surface area (TPSA) is 58.4 Å². The number of hydrogen-bond donors (Lipinski definition) is 1. The van der Waals surface area contributed by atoms with Gasteiger partial charge in [0, 0.05) is 34.7 Å². The predicted molar refractivity (Wildman–Crippen MR) is 82.8 cm³/mol. The summed E-state index contributed by atoms with van der Waals surface area (Å²) in [6.07, 6.45) is 2.17. The van der Waals surface area contributed by atoms with Crippen LogP contribution in [0.3, 0.4) is 0 Å². The highest BCUT2D eigenvalue weighted by Gasteiger charge is 2.23. The van der Waals surface area contributed by atoms with E-state index >= 15 is 0 Å². The number of halogens is 1. The second-order valence-corrected chi connectivity index (χ2v) is 6.38. The number of piperidine rings is 1. The summed E-state index contributed by atoms with van der Waals surface area (Å²) in [5.74, 6) is 0. The summed E-state index contributed by atoms with van der Waals surface area (Å²) >= 11 is 3.28. The second kappa shape index (κ2) is 6.65. The van der Waals surface area contributed by atoms with Crippen LogP contribution in [0.2, 0.25) is 0 Å². The number of nitro groups is 1. The molecule has 5 nitrogen and oxygen atoms in total. The summed E-state index contributed by atoms with van der Waals surface area (Å²) in [7, 11) is 2.14. The Kier molecular flexibility index (Phi) is 5.12. The van der Waals surface area contributed by atoms with E-state index in [0.717, 1.165) is 29.4 Å². The van der Waals surface area contributed by atoms with Crippen LogP contribution in [0.25, 0.3) is 0 Å². The summed E-state index contributed by atoms with van der Waals surface area (Å²) < 4.78 is 0.737. The van der Waals surface area contributed by atoms with Crippen molar-refractivity contribution in [3.05, 3.63) is 38.3 Å². The number of nitrogens with zero attached hydrogens (tertiary/aromatic N) is 2. The van der Waals surface area contributed by atoms with Gasteiger partial charge in [-0.2, -0.15) is 0 Å². The van der Waals surface area contributed by atoms with E-state index in [2.05, 4.69) is 40.1 Å². The fourth-order valence-electron chi connectivity index (χ4n) is 2.59. The Hall–Kier alpha value is -0.980. The quantitative estimate of drug-likeness (QED) is 0.675. The Morgan fingerprint density at radius 2 is 2.30 bits per heavy atom. The lowest BCUT2D eigenvalue weighted by Gasteiger charge is -2.35. The number of likely N-dealkylation sites (tertiary alicyclic amines) is 1. The van der Waals surface area contributed by atoms with Crippen molar-refractivity contribution in [2.24, 2.45) is 0 Å². The molecule has 0 saturated carbocycles. The van der Waals surface area contributed by atoms with Gasteiger partial charge in [-0.1, -0.05) is 15.9 Å². The third kappa shape index (κ3) is 3.77. The minimum Gasteiger partial charge on any atom is -0.310 e. The number of rotatable bonds is 4. The number of nitrogens with one attached hydrogen (secondary N) is 1. The molecule has 0 aromatic heterocycles. The molecular formula is C14H20BrN3O2. The van der Waals surface area contributed by atoms with Gasteiger partial charge in [0.15, 0.2) is 0 Å². The molecule has 1 aliphatic heterocycles. The van der Waals surface area contributed by atoms with E-state index in [9.17, 15) is 10.1 Å². The molecule has 1 saturated heterocycles. The molecule has 1 heterocycles. The monoisotopic (exact) mass is 341 g/mol. The highest BCUT2D eigenvalue weighted by Crippen LogP contribution is 2.24. The zero-order valence-electron chi connectivity index (χ0n) is 11.8. The van der Waals surface area contributed by atoms with Crippen LogP contribution in [0.1, 0.15) is 25.3 Å². The van der Waals surface area contributed by atoms with Crippen LogP contribution in [-0.2, 0) is 6.54 Å². The minimum absolute atomic E-state index is 0.174. The molecule has 0 aliphatic carbocycles. The minimum atomic E-state index is -0.320. The lowest BCUT2D eigenvalue weighted by atomic mass is 9.98. The first-order chi connectivity index (χ1) is 9.47. The molecule has 110 valence electrons. The van der Waals surface area contributed by atoms with Crippen molar-refractivity contribution < 1.29 is 4.92 Å². The largest absolute Gasteiger partial charge is 0.310 e. The normalized spacial score (nSPS) is 23.8. The number of hydrogen-bond acceptors (Lipinski definition) is 4. The van der Waals surface area contributed by atoms with E-state index in [1.165, 1.54) is 0 Å². The van der Waals surface area contributed by atoms with Crippen molar-refractivity contribution in [2.45, 2.75) is 38.4 Å². The third-order valence-corrected chi connectivity index (χ3v) is 4.53. The molecule has 0 amide bonds. The van der Waals surface area contributed by atoms with Crippen molar-refractivity contribution in [2.75, 3.05) is 13.6 Å². The van der Waals surface area contributed by atoms with E-state index < -0.39 is 0 Å². The van der Waals surface area contributed by atoms with Gasteiger partial charge in [0.1, 0.15) is 0 Å². The van der Waals surface area contributed by atoms with Crippen LogP contribution in [0.5, 0.6) is 0 Å². The Labute approximate surface area is 127 Å². The lowest BCUT2D eigenvalue weighted by molar-refractivity contribution is -0.385. The Bertz CT molecular complexity index is 495. The molecule has 1 fully saturated rings. The summed E-state index contributed by atoms with van der Waals surface area (Å²) in [6.45, 7) is 3.84. The van der Waals surface area contributed by atoms with Crippen LogP contribution in [0.15, 0.2) is 22.7 Å². The van der Waals surface area contributed by atoms with Crippen molar-refractivity contribution >= 4 is 21.6 Å². The summed E-state index contributed by atoms with van der Waals surface area (Å²) in [5.41, 5.74) is 0.914. The fraction of sp³-hybridized carbons (Fsp3) is 0.571. The molecule has 1 aromatic carbocycles. The van der Waals surface area contributed by atoms with Gasteiger partial charge in [-0.25, -0.2) is 0 Å². The first-order valence-electron chi connectivity index (χ1n) is 6.84. The first-order valence-corrected chi connectivity index (χ1v) is 7.63. The van der Waals surface area contributed by atoms with Crippen LogP contribution in [0.4, 0.5) is 5.69 Å². The van der Waals surface area contributed by atoms with Gasteiger partial charge in [0.05, 0.1) is 4.92 Å². The molecule has 0 radical (unpaired) electrons. The number of nitro benzene ring substituents is 1. The molecule has 1 N–H and O–H groups in total. The van der Waals surface area contributed by atoms with Crippen LogP contribution in [-0.4, -0.2) is 35.5 Å². The second-order valence-electron chi connectivity index (χ2n) is 5.46. The Morgan fingerprint density at radius 3 is 2.95 bits per heavy atom. The molecule has 6 heteroatoms. The molecule has 2 unspecified atom stereocenters. The van der Waals surface area contributed by atoms with Crippen molar-refractivity contribution in [1.29, 1.82) is 0 Å². The predicted octanol–water partition coefficient (Wildman–Crippen LogP) is 2.93. The Morgan fingerprint density at radius 1 is 1.55 bits per heavy atom. The Balaban J connectivity index is 1.99. The van der Waals surface area contributed by atoms with Gasteiger partial charge in [0.25, 0.3) is 5.69 Å². The van der Waals surface area contributed by atoms with E-state index in [1.54, 1.807) is 6.07 Å². The highest BCUT2D eigenvalue weighted by molar-refractivity contribution is 9.10. The molecule has 0 spiro atoms.